The van der Waals surface area contributed by atoms with Gasteiger partial charge in [-0.05, 0) is 12.3 Å². The van der Waals surface area contributed by atoms with Crippen LogP contribution in [0.2, 0.25) is 0 Å². The zero-order valence-electron chi connectivity index (χ0n) is 17.7. The standard InChI is InChI=1S/C22H42O6/c1-2-3-4-5-6-7-8-9-10-11-12-27-22(26)13-21-20(16-25)19(15-24)18(14-23)17-28-21/h18-21,23-25H,2-17H2,1H3. The lowest BCUT2D eigenvalue weighted by Gasteiger charge is -2.40. The van der Waals surface area contributed by atoms with E-state index in [2.05, 4.69) is 6.92 Å². The van der Waals surface area contributed by atoms with Crippen molar-refractivity contribution in [3.63, 3.8) is 0 Å². The summed E-state index contributed by atoms with van der Waals surface area (Å²) in [6, 6.07) is 0. The first kappa shape index (κ1) is 25.3. The monoisotopic (exact) mass is 402 g/mol. The Hall–Kier alpha value is -0.690. The van der Waals surface area contributed by atoms with Crippen LogP contribution < -0.4 is 0 Å². The molecule has 0 spiro atoms. The highest BCUT2D eigenvalue weighted by atomic mass is 16.5. The molecule has 0 aromatic carbocycles. The number of ether oxygens (including phenoxy) is 2. The van der Waals surface area contributed by atoms with Crippen molar-refractivity contribution in [3.8, 4) is 0 Å². The highest BCUT2D eigenvalue weighted by molar-refractivity contribution is 5.70. The van der Waals surface area contributed by atoms with E-state index in [0.29, 0.717) is 6.61 Å². The van der Waals surface area contributed by atoms with Gasteiger partial charge in [-0.2, -0.15) is 0 Å². The minimum absolute atomic E-state index is 0.0810. The van der Waals surface area contributed by atoms with Gasteiger partial charge >= 0.3 is 5.97 Å². The van der Waals surface area contributed by atoms with Crippen LogP contribution in [0.15, 0.2) is 0 Å². The highest BCUT2D eigenvalue weighted by Crippen LogP contribution is 2.32. The molecule has 0 radical (unpaired) electrons. The van der Waals surface area contributed by atoms with E-state index >= 15 is 0 Å². The minimum atomic E-state index is -0.467. The van der Waals surface area contributed by atoms with E-state index in [1.807, 2.05) is 0 Å². The number of carbonyl (C=O) groups excluding carboxylic acids is 1. The molecular formula is C22H42O6. The minimum Gasteiger partial charge on any atom is -0.466 e. The molecule has 1 rings (SSSR count). The van der Waals surface area contributed by atoms with Crippen molar-refractivity contribution in [2.75, 3.05) is 33.0 Å². The molecule has 1 aliphatic rings. The number of unbranched alkanes of at least 4 members (excludes halogenated alkanes) is 9. The molecule has 1 saturated heterocycles. The van der Waals surface area contributed by atoms with Crippen molar-refractivity contribution in [3.05, 3.63) is 0 Å². The molecule has 0 bridgehead atoms. The summed E-state index contributed by atoms with van der Waals surface area (Å²) >= 11 is 0. The second-order valence-corrected chi connectivity index (χ2v) is 8.11. The third-order valence-corrected chi connectivity index (χ3v) is 5.94. The van der Waals surface area contributed by atoms with E-state index in [9.17, 15) is 20.1 Å². The molecule has 0 aromatic rings. The Bertz CT molecular complexity index is 389. The fourth-order valence-electron chi connectivity index (χ4n) is 4.05. The van der Waals surface area contributed by atoms with Gasteiger partial charge in [-0.25, -0.2) is 0 Å². The van der Waals surface area contributed by atoms with Gasteiger partial charge in [0.05, 0.1) is 25.7 Å². The lowest BCUT2D eigenvalue weighted by atomic mass is 9.77. The van der Waals surface area contributed by atoms with Crippen LogP contribution in [0.25, 0.3) is 0 Å². The summed E-state index contributed by atoms with van der Waals surface area (Å²) in [5.74, 6) is -1.15. The first-order valence-electron chi connectivity index (χ1n) is 11.3. The van der Waals surface area contributed by atoms with E-state index in [-0.39, 0.29) is 56.6 Å². The van der Waals surface area contributed by atoms with Gasteiger partial charge in [0.15, 0.2) is 0 Å². The predicted molar refractivity (Wildman–Crippen MR) is 109 cm³/mol. The molecule has 1 heterocycles. The molecule has 0 amide bonds. The van der Waals surface area contributed by atoms with Crippen molar-refractivity contribution in [2.45, 2.75) is 83.7 Å². The molecule has 6 nitrogen and oxygen atoms in total. The van der Waals surface area contributed by atoms with Crippen LogP contribution in [0.1, 0.15) is 77.6 Å². The molecule has 3 N–H and O–H groups in total. The smallest absolute Gasteiger partial charge is 0.308 e. The summed E-state index contributed by atoms with van der Waals surface area (Å²) in [6.07, 6.45) is 12.0. The zero-order valence-corrected chi connectivity index (χ0v) is 17.7. The number of aliphatic hydroxyl groups is 3. The van der Waals surface area contributed by atoms with Crippen LogP contribution in [0.5, 0.6) is 0 Å². The maximum absolute atomic E-state index is 12.1. The predicted octanol–water partition coefficient (Wildman–Crippen LogP) is 3.06. The lowest BCUT2D eigenvalue weighted by Crippen LogP contribution is -2.47. The molecule has 0 saturated carbocycles. The molecule has 4 atom stereocenters. The molecule has 166 valence electrons. The fraction of sp³-hybridized carbons (Fsp3) is 0.955. The first-order chi connectivity index (χ1) is 13.7. The number of carbonyl (C=O) groups is 1. The van der Waals surface area contributed by atoms with E-state index < -0.39 is 6.10 Å². The second-order valence-electron chi connectivity index (χ2n) is 8.11. The first-order valence-corrected chi connectivity index (χ1v) is 11.3. The van der Waals surface area contributed by atoms with Crippen molar-refractivity contribution < 1.29 is 29.6 Å². The Kier molecular flexibility index (Phi) is 14.6. The summed E-state index contributed by atoms with van der Waals surface area (Å²) in [6.45, 7) is 2.53. The third kappa shape index (κ3) is 9.68. The Labute approximate surface area is 170 Å². The van der Waals surface area contributed by atoms with Gasteiger partial charge < -0.3 is 24.8 Å². The number of hydrogen-bond acceptors (Lipinski definition) is 6. The van der Waals surface area contributed by atoms with Crippen LogP contribution in [0, 0.1) is 17.8 Å². The average molecular weight is 403 g/mol. The van der Waals surface area contributed by atoms with Gasteiger partial charge in [0.25, 0.3) is 0 Å². The molecule has 6 heteroatoms. The summed E-state index contributed by atoms with van der Waals surface area (Å²) in [5.41, 5.74) is 0. The van der Waals surface area contributed by atoms with Gasteiger partial charge in [0.2, 0.25) is 0 Å². The maximum atomic E-state index is 12.1. The van der Waals surface area contributed by atoms with E-state index in [4.69, 9.17) is 9.47 Å². The largest absolute Gasteiger partial charge is 0.466 e. The van der Waals surface area contributed by atoms with Gasteiger partial charge in [0.1, 0.15) is 0 Å². The topological polar surface area (TPSA) is 96.2 Å². The summed E-state index contributed by atoms with van der Waals surface area (Å²) in [5, 5.41) is 28.6. The maximum Gasteiger partial charge on any atom is 0.308 e. The Balaban J connectivity index is 2.11. The zero-order chi connectivity index (χ0) is 20.6. The molecule has 28 heavy (non-hydrogen) atoms. The van der Waals surface area contributed by atoms with Crippen LogP contribution in [-0.4, -0.2) is 60.4 Å². The number of rotatable bonds is 16. The Morgan fingerprint density at radius 3 is 1.96 bits per heavy atom. The number of aliphatic hydroxyl groups excluding tert-OH is 3. The van der Waals surface area contributed by atoms with E-state index in [0.717, 1.165) is 12.8 Å². The summed E-state index contributed by atoms with van der Waals surface area (Å²) in [7, 11) is 0. The molecule has 1 fully saturated rings. The van der Waals surface area contributed by atoms with Crippen LogP contribution in [-0.2, 0) is 14.3 Å². The third-order valence-electron chi connectivity index (χ3n) is 5.94. The Morgan fingerprint density at radius 1 is 0.857 bits per heavy atom. The molecule has 0 aromatic heterocycles. The highest BCUT2D eigenvalue weighted by Gasteiger charge is 2.40. The van der Waals surface area contributed by atoms with Crippen molar-refractivity contribution in [1.29, 1.82) is 0 Å². The summed E-state index contributed by atoms with van der Waals surface area (Å²) < 4.78 is 11.0. The molecular weight excluding hydrogens is 360 g/mol. The van der Waals surface area contributed by atoms with E-state index in [1.165, 1.54) is 51.4 Å². The summed E-state index contributed by atoms with van der Waals surface area (Å²) in [4.78, 5) is 12.1. The fourth-order valence-corrected chi connectivity index (χ4v) is 4.05. The van der Waals surface area contributed by atoms with Crippen molar-refractivity contribution in [1.82, 2.24) is 0 Å². The van der Waals surface area contributed by atoms with Crippen molar-refractivity contribution in [2.24, 2.45) is 17.8 Å². The SMILES string of the molecule is CCCCCCCCCCCCOC(=O)CC1OCC(CO)C(CO)C1CO. The molecule has 0 aliphatic carbocycles. The Morgan fingerprint density at radius 2 is 1.43 bits per heavy atom. The van der Waals surface area contributed by atoms with Gasteiger partial charge in [0, 0.05) is 31.7 Å². The van der Waals surface area contributed by atoms with E-state index in [1.54, 1.807) is 0 Å². The average Bonchev–Trinajstić information content (AvgIpc) is 2.71. The molecule has 1 aliphatic heterocycles. The lowest BCUT2D eigenvalue weighted by molar-refractivity contribution is -0.160. The van der Waals surface area contributed by atoms with Crippen LogP contribution >= 0.6 is 0 Å². The number of esters is 1. The number of hydrogen-bond donors (Lipinski definition) is 3. The van der Waals surface area contributed by atoms with Crippen LogP contribution in [0.4, 0.5) is 0 Å². The van der Waals surface area contributed by atoms with Crippen molar-refractivity contribution >= 4 is 5.97 Å². The quantitative estimate of drug-likeness (QED) is 0.271. The molecule has 4 unspecified atom stereocenters. The van der Waals surface area contributed by atoms with Gasteiger partial charge in [-0.15, -0.1) is 0 Å². The second kappa shape index (κ2) is 16.1. The normalized spacial score (nSPS) is 25.0. The van der Waals surface area contributed by atoms with Gasteiger partial charge in [-0.3, -0.25) is 4.79 Å². The van der Waals surface area contributed by atoms with Gasteiger partial charge in [-0.1, -0.05) is 64.7 Å². The van der Waals surface area contributed by atoms with Crippen LogP contribution in [0.3, 0.4) is 0 Å².